The Kier molecular flexibility index (Phi) is 3.61. The summed E-state index contributed by atoms with van der Waals surface area (Å²) < 4.78 is 12.2. The number of pyridine rings is 1. The molecule has 0 saturated carbocycles. The molecule has 0 aliphatic rings. The highest BCUT2D eigenvalue weighted by molar-refractivity contribution is 6.16. The van der Waals surface area contributed by atoms with Gasteiger partial charge in [0.25, 0.3) is 5.91 Å². The first kappa shape index (κ1) is 15.2. The smallest absolute Gasteiger partial charge is 0.262 e. The number of hydrogen-bond donors (Lipinski definition) is 0. The van der Waals surface area contributed by atoms with Crippen molar-refractivity contribution >= 4 is 27.7 Å². The van der Waals surface area contributed by atoms with E-state index in [1.807, 2.05) is 24.3 Å². The topological polar surface area (TPSA) is 53.4 Å². The summed E-state index contributed by atoms with van der Waals surface area (Å²) in [6, 6.07) is 14.7. The zero-order valence-electron chi connectivity index (χ0n) is 13.9. The van der Waals surface area contributed by atoms with Crippen LogP contribution in [0.25, 0.3) is 21.8 Å². The minimum atomic E-state index is -0.110. The molecular weight excluding hydrogens is 316 g/mol. The number of methoxy groups -OCH3 is 2. The van der Waals surface area contributed by atoms with Crippen LogP contribution in [0.4, 0.5) is 0 Å². The van der Waals surface area contributed by atoms with Crippen LogP contribution >= 0.6 is 0 Å². The van der Waals surface area contributed by atoms with Gasteiger partial charge in [-0.15, -0.1) is 0 Å². The average Bonchev–Trinajstić information content (AvgIpc) is 3.01. The van der Waals surface area contributed by atoms with Gasteiger partial charge >= 0.3 is 0 Å². The van der Waals surface area contributed by atoms with E-state index in [0.29, 0.717) is 11.3 Å². The number of rotatable bonds is 3. The fraction of sp³-hybridized carbons (Fsp3) is 0.100. The van der Waals surface area contributed by atoms with Gasteiger partial charge in [0, 0.05) is 22.5 Å². The number of carbonyl (C=O) groups excluding carboxylic acids is 1. The Bertz CT molecular complexity index is 1080. The number of benzene rings is 2. The van der Waals surface area contributed by atoms with Crippen LogP contribution in [0.5, 0.6) is 11.5 Å². The molecule has 2 aromatic heterocycles. The second-order valence-electron chi connectivity index (χ2n) is 5.64. The van der Waals surface area contributed by atoms with E-state index in [-0.39, 0.29) is 5.91 Å². The second-order valence-corrected chi connectivity index (χ2v) is 5.64. The van der Waals surface area contributed by atoms with Crippen LogP contribution in [-0.4, -0.2) is 29.7 Å². The molecule has 4 rings (SSSR count). The minimum absolute atomic E-state index is 0.110. The Hall–Kier alpha value is -3.34. The molecule has 0 fully saturated rings. The number of nitrogens with zero attached hydrogens (tertiary/aromatic N) is 2. The van der Waals surface area contributed by atoms with Crippen molar-refractivity contribution in [3.05, 3.63) is 66.5 Å². The zero-order valence-corrected chi connectivity index (χ0v) is 13.9. The first-order valence-electron chi connectivity index (χ1n) is 7.84. The highest BCUT2D eigenvalue weighted by Gasteiger charge is 2.18. The van der Waals surface area contributed by atoms with Gasteiger partial charge in [-0.25, -0.2) is 0 Å². The van der Waals surface area contributed by atoms with Crippen LogP contribution in [0.3, 0.4) is 0 Å². The molecule has 0 aliphatic heterocycles. The Labute approximate surface area is 144 Å². The monoisotopic (exact) mass is 332 g/mol. The molecule has 0 radical (unpaired) electrons. The second kappa shape index (κ2) is 5.94. The van der Waals surface area contributed by atoms with Crippen molar-refractivity contribution in [2.75, 3.05) is 14.2 Å². The average molecular weight is 332 g/mol. The predicted octanol–water partition coefficient (Wildman–Crippen LogP) is 3.90. The summed E-state index contributed by atoms with van der Waals surface area (Å²) in [4.78, 5) is 17.3. The molecule has 124 valence electrons. The molecular formula is C20H16N2O3. The van der Waals surface area contributed by atoms with Gasteiger partial charge in [0.15, 0.2) is 0 Å². The largest absolute Gasteiger partial charge is 0.497 e. The van der Waals surface area contributed by atoms with E-state index in [1.165, 1.54) is 0 Å². The van der Waals surface area contributed by atoms with Gasteiger partial charge in [-0.05, 0) is 48.5 Å². The molecule has 0 atom stereocenters. The fourth-order valence-corrected chi connectivity index (χ4v) is 3.06. The Balaban J connectivity index is 1.96. The van der Waals surface area contributed by atoms with Crippen molar-refractivity contribution in [2.45, 2.75) is 0 Å². The van der Waals surface area contributed by atoms with Crippen LogP contribution in [-0.2, 0) is 0 Å². The van der Waals surface area contributed by atoms with E-state index in [4.69, 9.17) is 9.47 Å². The normalized spacial score (nSPS) is 11.0. The number of hydrogen-bond acceptors (Lipinski definition) is 4. The van der Waals surface area contributed by atoms with Gasteiger partial charge < -0.3 is 9.47 Å². The number of aromatic nitrogens is 2. The molecule has 5 nitrogen and oxygen atoms in total. The van der Waals surface area contributed by atoms with Crippen LogP contribution < -0.4 is 9.47 Å². The van der Waals surface area contributed by atoms with Crippen molar-refractivity contribution in [3.63, 3.8) is 0 Å². The Morgan fingerprint density at radius 1 is 0.880 bits per heavy atom. The van der Waals surface area contributed by atoms with Crippen LogP contribution in [0, 0.1) is 0 Å². The van der Waals surface area contributed by atoms with Gasteiger partial charge in [0.05, 0.1) is 31.4 Å². The lowest BCUT2D eigenvalue weighted by molar-refractivity contribution is 0.0969. The number of carbonyl (C=O) groups is 1. The lowest BCUT2D eigenvalue weighted by Crippen LogP contribution is -2.11. The maximum atomic E-state index is 13.2. The quantitative estimate of drug-likeness (QED) is 0.571. The SMILES string of the molecule is COc1ccc(C(=O)n2c3ccc(OC)cc3c3ccncc32)cc1. The third kappa shape index (κ3) is 2.41. The van der Waals surface area contributed by atoms with Gasteiger partial charge in [0.1, 0.15) is 11.5 Å². The van der Waals surface area contributed by atoms with E-state index >= 15 is 0 Å². The third-order valence-electron chi connectivity index (χ3n) is 4.32. The van der Waals surface area contributed by atoms with E-state index in [9.17, 15) is 4.79 Å². The molecule has 0 amide bonds. The molecule has 0 aliphatic carbocycles. The van der Waals surface area contributed by atoms with Crippen LogP contribution in [0.15, 0.2) is 60.9 Å². The van der Waals surface area contributed by atoms with E-state index in [1.54, 1.807) is 55.4 Å². The molecule has 0 saturated heterocycles. The number of ether oxygens (including phenoxy) is 2. The maximum absolute atomic E-state index is 13.2. The summed E-state index contributed by atoms with van der Waals surface area (Å²) in [5.41, 5.74) is 2.18. The molecule has 0 N–H and O–H groups in total. The van der Waals surface area contributed by atoms with Crippen molar-refractivity contribution in [3.8, 4) is 11.5 Å². The van der Waals surface area contributed by atoms with Gasteiger partial charge in [-0.2, -0.15) is 0 Å². The van der Waals surface area contributed by atoms with Crippen molar-refractivity contribution in [2.24, 2.45) is 0 Å². The Morgan fingerprint density at radius 2 is 1.60 bits per heavy atom. The Morgan fingerprint density at radius 3 is 2.32 bits per heavy atom. The molecule has 2 heterocycles. The summed E-state index contributed by atoms with van der Waals surface area (Å²) >= 11 is 0. The van der Waals surface area contributed by atoms with Gasteiger partial charge in [-0.3, -0.25) is 14.3 Å². The molecule has 0 spiro atoms. The van der Waals surface area contributed by atoms with Crippen LogP contribution in [0.1, 0.15) is 10.4 Å². The lowest BCUT2D eigenvalue weighted by Gasteiger charge is -2.07. The van der Waals surface area contributed by atoms with E-state index in [0.717, 1.165) is 27.6 Å². The first-order chi connectivity index (χ1) is 12.2. The van der Waals surface area contributed by atoms with Gasteiger partial charge in [0.2, 0.25) is 0 Å². The van der Waals surface area contributed by atoms with Crippen molar-refractivity contribution < 1.29 is 14.3 Å². The molecule has 5 heteroatoms. The molecule has 4 aromatic rings. The zero-order chi connectivity index (χ0) is 17.4. The summed E-state index contributed by atoms with van der Waals surface area (Å²) in [7, 11) is 3.23. The third-order valence-corrected chi connectivity index (χ3v) is 4.32. The highest BCUT2D eigenvalue weighted by Crippen LogP contribution is 2.32. The lowest BCUT2D eigenvalue weighted by atomic mass is 10.2. The van der Waals surface area contributed by atoms with E-state index in [2.05, 4.69) is 4.98 Å². The van der Waals surface area contributed by atoms with Crippen molar-refractivity contribution in [1.82, 2.24) is 9.55 Å². The van der Waals surface area contributed by atoms with Crippen LogP contribution in [0.2, 0.25) is 0 Å². The van der Waals surface area contributed by atoms with Gasteiger partial charge in [-0.1, -0.05) is 0 Å². The molecule has 0 unspecified atom stereocenters. The summed E-state index contributed by atoms with van der Waals surface area (Å²) in [5.74, 6) is 1.35. The molecule has 25 heavy (non-hydrogen) atoms. The summed E-state index contributed by atoms with van der Waals surface area (Å²) in [5, 5.41) is 1.92. The summed E-state index contributed by atoms with van der Waals surface area (Å²) in [6.45, 7) is 0. The van der Waals surface area contributed by atoms with Crippen molar-refractivity contribution in [1.29, 1.82) is 0 Å². The number of fused-ring (bicyclic) bond motifs is 3. The summed E-state index contributed by atoms with van der Waals surface area (Å²) in [6.07, 6.45) is 3.44. The first-order valence-corrected chi connectivity index (χ1v) is 7.84. The fourth-order valence-electron chi connectivity index (χ4n) is 3.06. The molecule has 2 aromatic carbocycles. The van der Waals surface area contributed by atoms with E-state index < -0.39 is 0 Å². The maximum Gasteiger partial charge on any atom is 0.262 e. The molecule has 0 bridgehead atoms. The minimum Gasteiger partial charge on any atom is -0.497 e. The highest BCUT2D eigenvalue weighted by atomic mass is 16.5. The predicted molar refractivity (Wildman–Crippen MR) is 96.5 cm³/mol. The standard InChI is InChI=1S/C20H16N2O3/c1-24-14-5-3-13(4-6-14)20(23)22-18-8-7-15(25-2)11-17(18)16-9-10-21-12-19(16)22/h3-12H,1-2H3.